The average molecular weight is 448 g/mol. The number of esters is 1. The highest BCUT2D eigenvalue weighted by molar-refractivity contribution is 5.71. The first-order valence-electron chi connectivity index (χ1n) is 9.82. The van der Waals surface area contributed by atoms with Crippen LogP contribution in [0.2, 0.25) is 0 Å². The second kappa shape index (κ2) is 10.2. The molecule has 0 aliphatic carbocycles. The lowest BCUT2D eigenvalue weighted by Crippen LogP contribution is -2.15. The third-order valence-electron chi connectivity index (χ3n) is 4.71. The molecule has 0 saturated heterocycles. The van der Waals surface area contributed by atoms with Crippen LogP contribution in [0.25, 0.3) is 11.1 Å². The lowest BCUT2D eigenvalue weighted by atomic mass is 9.97. The molecule has 0 saturated carbocycles. The van der Waals surface area contributed by atoms with E-state index < -0.39 is 35.8 Å². The van der Waals surface area contributed by atoms with Crippen molar-refractivity contribution in [1.82, 2.24) is 0 Å². The Morgan fingerprint density at radius 2 is 1.75 bits per heavy atom. The number of halogens is 4. The molecule has 0 amide bonds. The Labute approximate surface area is 182 Å². The molecule has 8 heteroatoms. The summed E-state index contributed by atoms with van der Waals surface area (Å²) in [6.07, 6.45) is -0.408. The zero-order valence-electron chi connectivity index (χ0n) is 17.1. The van der Waals surface area contributed by atoms with Crippen molar-refractivity contribution in [3.05, 3.63) is 82.9 Å². The highest BCUT2D eigenvalue weighted by atomic mass is 19.1. The van der Waals surface area contributed by atoms with Crippen molar-refractivity contribution in [1.29, 1.82) is 0 Å². The Kier molecular flexibility index (Phi) is 7.35. The van der Waals surface area contributed by atoms with Crippen molar-refractivity contribution >= 4 is 5.97 Å². The van der Waals surface area contributed by atoms with Gasteiger partial charge in [-0.3, -0.25) is 0 Å². The second-order valence-electron chi connectivity index (χ2n) is 6.91. The van der Waals surface area contributed by atoms with Gasteiger partial charge >= 0.3 is 5.97 Å². The second-order valence-corrected chi connectivity index (χ2v) is 6.91. The fourth-order valence-corrected chi connectivity index (χ4v) is 3.23. The molecule has 0 bridgehead atoms. The number of hydrogen-bond donors (Lipinski definition) is 1. The Morgan fingerprint density at radius 3 is 2.47 bits per heavy atom. The van der Waals surface area contributed by atoms with E-state index in [0.717, 1.165) is 30.3 Å². The van der Waals surface area contributed by atoms with Crippen molar-refractivity contribution in [3.63, 3.8) is 0 Å². The Hall–Kier alpha value is -3.55. The summed E-state index contributed by atoms with van der Waals surface area (Å²) in [6, 6.07) is 9.53. The topological polar surface area (TPSA) is 55.8 Å². The molecule has 0 radical (unpaired) electrons. The summed E-state index contributed by atoms with van der Waals surface area (Å²) in [7, 11) is 0. The van der Waals surface area contributed by atoms with Crippen LogP contribution in [0.15, 0.2) is 48.5 Å². The van der Waals surface area contributed by atoms with Crippen LogP contribution >= 0.6 is 0 Å². The summed E-state index contributed by atoms with van der Waals surface area (Å²) >= 11 is 0. The molecule has 0 aliphatic heterocycles. The van der Waals surface area contributed by atoms with E-state index >= 15 is 4.39 Å². The lowest BCUT2D eigenvalue weighted by Gasteiger charge is -2.13. The van der Waals surface area contributed by atoms with Gasteiger partial charge in [0, 0.05) is 11.1 Å². The summed E-state index contributed by atoms with van der Waals surface area (Å²) in [5.74, 6) is -4.50. The predicted octanol–water partition coefficient (Wildman–Crippen LogP) is 5.34. The van der Waals surface area contributed by atoms with Crippen LogP contribution in [-0.2, 0) is 22.4 Å². The van der Waals surface area contributed by atoms with Crippen molar-refractivity contribution in [2.75, 3.05) is 13.2 Å². The highest BCUT2D eigenvalue weighted by Gasteiger charge is 2.18. The summed E-state index contributed by atoms with van der Waals surface area (Å²) in [6.45, 7) is 1.19. The van der Waals surface area contributed by atoms with Gasteiger partial charge in [-0.25, -0.2) is 22.4 Å². The Balaban J connectivity index is 1.84. The summed E-state index contributed by atoms with van der Waals surface area (Å²) in [4.78, 5) is 11.4. The third kappa shape index (κ3) is 5.38. The minimum atomic E-state index is -1.01. The van der Waals surface area contributed by atoms with E-state index in [2.05, 4.69) is 0 Å². The van der Waals surface area contributed by atoms with E-state index in [9.17, 15) is 23.1 Å². The van der Waals surface area contributed by atoms with Gasteiger partial charge in [0.25, 0.3) is 0 Å². The van der Waals surface area contributed by atoms with Gasteiger partial charge in [-0.05, 0) is 67.3 Å². The van der Waals surface area contributed by atoms with E-state index in [4.69, 9.17) is 9.47 Å². The SMILES string of the molecule is CCOC(=O)COc1ccc(F)c(CCc2cc(O)cc(-c3cccc(F)c3)c2F)c1F. The largest absolute Gasteiger partial charge is 0.508 e. The van der Waals surface area contributed by atoms with Gasteiger partial charge in [0.05, 0.1) is 6.61 Å². The quantitative estimate of drug-likeness (QED) is 0.373. The predicted molar refractivity (Wildman–Crippen MR) is 109 cm³/mol. The molecule has 1 N–H and O–H groups in total. The van der Waals surface area contributed by atoms with Gasteiger partial charge in [-0.15, -0.1) is 0 Å². The van der Waals surface area contributed by atoms with E-state index in [1.165, 1.54) is 18.2 Å². The number of aromatic hydroxyl groups is 1. The van der Waals surface area contributed by atoms with Crippen LogP contribution in [-0.4, -0.2) is 24.3 Å². The minimum Gasteiger partial charge on any atom is -0.508 e. The molecule has 32 heavy (non-hydrogen) atoms. The Morgan fingerprint density at radius 1 is 0.969 bits per heavy atom. The molecule has 3 rings (SSSR count). The molecular weight excluding hydrogens is 428 g/mol. The number of ether oxygens (including phenoxy) is 2. The third-order valence-corrected chi connectivity index (χ3v) is 4.71. The minimum absolute atomic E-state index is 0.000839. The van der Waals surface area contributed by atoms with Crippen LogP contribution in [0.4, 0.5) is 17.6 Å². The van der Waals surface area contributed by atoms with E-state index in [1.54, 1.807) is 6.92 Å². The molecule has 0 fully saturated rings. The first kappa shape index (κ1) is 23.1. The van der Waals surface area contributed by atoms with Gasteiger partial charge in [-0.1, -0.05) is 12.1 Å². The average Bonchev–Trinajstić information content (AvgIpc) is 2.75. The van der Waals surface area contributed by atoms with Crippen LogP contribution in [0.3, 0.4) is 0 Å². The highest BCUT2D eigenvalue weighted by Crippen LogP contribution is 2.31. The summed E-state index contributed by atoms with van der Waals surface area (Å²) in [5.41, 5.74) is -0.180. The first-order valence-corrected chi connectivity index (χ1v) is 9.82. The smallest absolute Gasteiger partial charge is 0.344 e. The number of hydrogen-bond acceptors (Lipinski definition) is 4. The van der Waals surface area contributed by atoms with Crippen molar-refractivity contribution < 1.29 is 36.9 Å². The molecule has 0 heterocycles. The molecule has 0 atom stereocenters. The molecule has 168 valence electrons. The number of phenolic OH excluding ortho intramolecular Hbond substituents is 1. The molecule has 4 nitrogen and oxygen atoms in total. The van der Waals surface area contributed by atoms with E-state index in [0.29, 0.717) is 0 Å². The maximum Gasteiger partial charge on any atom is 0.344 e. The van der Waals surface area contributed by atoms with Crippen LogP contribution in [0, 0.1) is 23.3 Å². The fraction of sp³-hybridized carbons (Fsp3) is 0.208. The number of aryl methyl sites for hydroxylation is 1. The van der Waals surface area contributed by atoms with Crippen LogP contribution in [0.5, 0.6) is 11.5 Å². The Bertz CT molecular complexity index is 1130. The number of rotatable bonds is 8. The van der Waals surface area contributed by atoms with Gasteiger partial charge in [-0.2, -0.15) is 0 Å². The zero-order chi connectivity index (χ0) is 23.3. The van der Waals surface area contributed by atoms with Crippen LogP contribution < -0.4 is 4.74 Å². The monoisotopic (exact) mass is 448 g/mol. The van der Waals surface area contributed by atoms with E-state index in [1.807, 2.05) is 0 Å². The van der Waals surface area contributed by atoms with Crippen LogP contribution in [0.1, 0.15) is 18.1 Å². The normalized spacial score (nSPS) is 10.8. The van der Waals surface area contributed by atoms with Crippen molar-refractivity contribution in [2.24, 2.45) is 0 Å². The molecular formula is C24H20F4O4. The fourth-order valence-electron chi connectivity index (χ4n) is 3.23. The standard InChI is InChI=1S/C24H20F4O4/c1-2-31-22(30)13-32-21-9-8-20(26)18(24(21)28)7-6-15-11-17(29)12-19(23(15)27)14-4-3-5-16(25)10-14/h3-5,8-12,29H,2,6-7,13H2,1H3. The number of carbonyl (C=O) groups excluding carboxylic acids is 1. The lowest BCUT2D eigenvalue weighted by molar-refractivity contribution is -0.145. The molecule has 0 spiro atoms. The molecule has 3 aromatic rings. The van der Waals surface area contributed by atoms with Gasteiger partial charge in [0.2, 0.25) is 0 Å². The summed E-state index contributed by atoms with van der Waals surface area (Å²) < 4.78 is 67.3. The van der Waals surface area contributed by atoms with Gasteiger partial charge in [0.1, 0.15) is 23.2 Å². The molecule has 0 unspecified atom stereocenters. The molecule has 0 aliphatic rings. The molecule has 0 aromatic heterocycles. The van der Waals surface area contributed by atoms with Gasteiger partial charge < -0.3 is 14.6 Å². The maximum absolute atomic E-state index is 15.0. The van der Waals surface area contributed by atoms with E-state index in [-0.39, 0.29) is 53.2 Å². The number of carbonyl (C=O) groups is 1. The number of benzene rings is 3. The number of phenols is 1. The maximum atomic E-state index is 15.0. The van der Waals surface area contributed by atoms with Crippen molar-refractivity contribution in [3.8, 4) is 22.6 Å². The zero-order valence-corrected chi connectivity index (χ0v) is 17.1. The summed E-state index contributed by atoms with van der Waals surface area (Å²) in [5, 5.41) is 9.99. The first-order chi connectivity index (χ1) is 15.3. The molecule has 3 aromatic carbocycles. The van der Waals surface area contributed by atoms with Gasteiger partial charge in [0.15, 0.2) is 18.2 Å². The van der Waals surface area contributed by atoms with Crippen molar-refractivity contribution in [2.45, 2.75) is 19.8 Å².